The summed E-state index contributed by atoms with van der Waals surface area (Å²) in [5.74, 6) is -0.554. The number of carbonyl (C=O) groups is 2. The number of methoxy groups -OCH3 is 2. The van der Waals surface area contributed by atoms with E-state index in [-0.39, 0.29) is 13.0 Å². The topological polar surface area (TPSA) is 96.9 Å². The van der Waals surface area contributed by atoms with Gasteiger partial charge in [0.25, 0.3) is 0 Å². The van der Waals surface area contributed by atoms with Crippen LogP contribution < -0.4 is 15.4 Å². The number of ether oxygens (including phenoxy) is 2. The maximum Gasteiger partial charge on any atom is 0.319 e. The first-order valence-corrected chi connectivity index (χ1v) is 6.47. The van der Waals surface area contributed by atoms with E-state index >= 15 is 0 Å². The number of rotatable bonds is 7. The minimum Gasteiger partial charge on any atom is -0.495 e. The van der Waals surface area contributed by atoms with Gasteiger partial charge in [-0.25, -0.2) is 4.79 Å². The lowest BCUT2D eigenvalue weighted by atomic mass is 10.2. The predicted molar refractivity (Wildman–Crippen MR) is 78.1 cm³/mol. The number of anilines is 1. The Morgan fingerprint density at radius 1 is 1.38 bits per heavy atom. The summed E-state index contributed by atoms with van der Waals surface area (Å²) in [6, 6.07) is 4.31. The van der Waals surface area contributed by atoms with Crippen LogP contribution in [-0.2, 0) is 9.53 Å². The second-order valence-corrected chi connectivity index (χ2v) is 4.55. The number of hydrogen-bond donors (Lipinski definition) is 3. The zero-order valence-corrected chi connectivity index (χ0v) is 12.4. The second-order valence-electron chi connectivity index (χ2n) is 4.14. The van der Waals surface area contributed by atoms with Crippen LogP contribution in [0.3, 0.4) is 0 Å². The van der Waals surface area contributed by atoms with Gasteiger partial charge in [0, 0.05) is 25.4 Å². The van der Waals surface area contributed by atoms with Crippen LogP contribution in [0.25, 0.3) is 0 Å². The fourth-order valence-corrected chi connectivity index (χ4v) is 1.75. The zero-order chi connectivity index (χ0) is 15.8. The molecule has 0 saturated carbocycles. The van der Waals surface area contributed by atoms with E-state index in [1.54, 1.807) is 18.2 Å². The van der Waals surface area contributed by atoms with E-state index in [0.717, 1.165) is 0 Å². The minimum atomic E-state index is -0.994. The molecule has 2 amide bonds. The van der Waals surface area contributed by atoms with E-state index in [1.165, 1.54) is 14.2 Å². The fourth-order valence-electron chi connectivity index (χ4n) is 1.55. The maximum absolute atomic E-state index is 11.7. The van der Waals surface area contributed by atoms with Gasteiger partial charge < -0.3 is 25.2 Å². The van der Waals surface area contributed by atoms with Crippen molar-refractivity contribution in [2.24, 2.45) is 0 Å². The molecule has 0 saturated heterocycles. The summed E-state index contributed by atoms with van der Waals surface area (Å²) in [5, 5.41) is 14.2. The van der Waals surface area contributed by atoms with Crippen LogP contribution in [0, 0.1) is 0 Å². The Balaban J connectivity index is 2.51. The van der Waals surface area contributed by atoms with Crippen LogP contribution in [0.5, 0.6) is 5.75 Å². The van der Waals surface area contributed by atoms with Gasteiger partial charge in [0.15, 0.2) is 0 Å². The van der Waals surface area contributed by atoms with Gasteiger partial charge in [0.2, 0.25) is 0 Å². The smallest absolute Gasteiger partial charge is 0.319 e. The molecule has 0 radical (unpaired) electrons. The van der Waals surface area contributed by atoms with E-state index < -0.39 is 18.1 Å². The second kappa shape index (κ2) is 8.33. The third-order valence-electron chi connectivity index (χ3n) is 2.63. The summed E-state index contributed by atoms with van der Waals surface area (Å²) < 4.78 is 9.99. The lowest BCUT2D eigenvalue weighted by molar-refractivity contribution is -0.139. The van der Waals surface area contributed by atoms with Crippen LogP contribution in [0.15, 0.2) is 18.2 Å². The summed E-state index contributed by atoms with van der Waals surface area (Å²) in [6.45, 7) is 0.0827. The van der Waals surface area contributed by atoms with Gasteiger partial charge in [-0.1, -0.05) is 11.6 Å². The average Bonchev–Trinajstić information content (AvgIpc) is 2.45. The Morgan fingerprint density at radius 3 is 2.67 bits per heavy atom. The molecule has 0 aliphatic carbocycles. The summed E-state index contributed by atoms with van der Waals surface area (Å²) in [7, 11) is 2.86. The van der Waals surface area contributed by atoms with E-state index in [0.29, 0.717) is 16.5 Å². The van der Waals surface area contributed by atoms with Crippen LogP contribution in [0.1, 0.15) is 6.42 Å². The van der Waals surface area contributed by atoms with Crippen molar-refractivity contribution in [2.75, 3.05) is 26.1 Å². The highest BCUT2D eigenvalue weighted by molar-refractivity contribution is 6.32. The number of hydrogen-bond acceptors (Lipinski definition) is 4. The minimum absolute atomic E-state index is 0.0827. The number of halogens is 1. The monoisotopic (exact) mass is 316 g/mol. The molecule has 1 rings (SSSR count). The van der Waals surface area contributed by atoms with E-state index in [4.69, 9.17) is 26.2 Å². The van der Waals surface area contributed by atoms with Gasteiger partial charge in [-0.2, -0.15) is 0 Å². The number of amides is 2. The molecule has 7 nitrogen and oxygen atoms in total. The number of carboxylic acids is 1. The van der Waals surface area contributed by atoms with Crippen molar-refractivity contribution >= 4 is 29.3 Å². The molecule has 8 heteroatoms. The molecule has 3 N–H and O–H groups in total. The molecular formula is C13H17ClN2O5. The molecule has 116 valence electrons. The van der Waals surface area contributed by atoms with Crippen molar-refractivity contribution in [3.05, 3.63) is 23.2 Å². The molecule has 0 aliphatic rings. The number of carboxylic acid groups (broad SMARTS) is 1. The van der Waals surface area contributed by atoms with Gasteiger partial charge >= 0.3 is 12.0 Å². The Hall–Kier alpha value is -1.99. The molecule has 0 fully saturated rings. The highest BCUT2D eigenvalue weighted by Gasteiger charge is 2.13. The molecule has 0 bridgehead atoms. The van der Waals surface area contributed by atoms with E-state index in [9.17, 15) is 9.59 Å². The molecular weight excluding hydrogens is 300 g/mol. The maximum atomic E-state index is 11.7. The summed E-state index contributed by atoms with van der Waals surface area (Å²) in [5.41, 5.74) is 0.501. The molecule has 1 atom stereocenters. The Labute approximate surface area is 127 Å². The molecule has 0 aromatic heterocycles. The van der Waals surface area contributed by atoms with Crippen molar-refractivity contribution in [1.29, 1.82) is 0 Å². The van der Waals surface area contributed by atoms with E-state index in [2.05, 4.69) is 10.6 Å². The summed E-state index contributed by atoms with van der Waals surface area (Å²) in [4.78, 5) is 22.3. The molecule has 0 heterocycles. The fraction of sp³-hybridized carbons (Fsp3) is 0.385. The Kier molecular flexibility index (Phi) is 6.77. The Bertz CT molecular complexity index is 509. The molecule has 21 heavy (non-hydrogen) atoms. The van der Waals surface area contributed by atoms with Gasteiger partial charge in [-0.15, -0.1) is 0 Å². The molecule has 1 unspecified atom stereocenters. The van der Waals surface area contributed by atoms with Gasteiger partial charge in [0.05, 0.1) is 24.7 Å². The normalized spacial score (nSPS) is 11.6. The molecule has 0 aliphatic heterocycles. The zero-order valence-electron chi connectivity index (χ0n) is 11.7. The Morgan fingerprint density at radius 2 is 2.10 bits per heavy atom. The number of nitrogens with one attached hydrogen (secondary N) is 2. The van der Waals surface area contributed by atoms with Crippen LogP contribution >= 0.6 is 11.6 Å². The highest BCUT2D eigenvalue weighted by Crippen LogP contribution is 2.27. The van der Waals surface area contributed by atoms with E-state index in [1.807, 2.05) is 0 Å². The lowest BCUT2D eigenvalue weighted by Crippen LogP contribution is -2.37. The van der Waals surface area contributed by atoms with Crippen molar-refractivity contribution in [2.45, 2.75) is 12.5 Å². The quantitative estimate of drug-likeness (QED) is 0.714. The van der Waals surface area contributed by atoms with Crippen molar-refractivity contribution in [3.8, 4) is 5.75 Å². The third-order valence-corrected chi connectivity index (χ3v) is 2.95. The van der Waals surface area contributed by atoms with Crippen molar-refractivity contribution in [3.63, 3.8) is 0 Å². The first-order chi connectivity index (χ1) is 9.96. The van der Waals surface area contributed by atoms with Gasteiger partial charge in [-0.05, 0) is 12.1 Å². The molecule has 1 aromatic rings. The van der Waals surface area contributed by atoms with Crippen LogP contribution in [0.2, 0.25) is 5.02 Å². The van der Waals surface area contributed by atoms with Crippen molar-refractivity contribution in [1.82, 2.24) is 5.32 Å². The van der Waals surface area contributed by atoms with Crippen molar-refractivity contribution < 1.29 is 24.2 Å². The first kappa shape index (κ1) is 17.1. The largest absolute Gasteiger partial charge is 0.495 e. The highest BCUT2D eigenvalue weighted by atomic mass is 35.5. The predicted octanol–water partition coefficient (Wildman–Crippen LogP) is 1.96. The number of benzene rings is 1. The molecule has 1 aromatic carbocycles. The van der Waals surface area contributed by atoms with Crippen LogP contribution in [-0.4, -0.2) is 44.0 Å². The average molecular weight is 317 g/mol. The van der Waals surface area contributed by atoms with Crippen LogP contribution in [0.4, 0.5) is 10.5 Å². The SMILES string of the molecule is COc1cc(NC(=O)NCC(CC(=O)O)OC)ccc1Cl. The first-order valence-electron chi connectivity index (χ1n) is 6.09. The number of aliphatic carboxylic acids is 1. The number of urea groups is 1. The number of carbonyl (C=O) groups excluding carboxylic acids is 1. The van der Waals surface area contributed by atoms with Gasteiger partial charge in [0.1, 0.15) is 5.75 Å². The van der Waals surface area contributed by atoms with Gasteiger partial charge in [-0.3, -0.25) is 4.79 Å². The standard InChI is InChI=1S/C13H17ClN2O5/c1-20-9(6-12(17)18)7-15-13(19)16-8-3-4-10(14)11(5-8)21-2/h3-5,9H,6-7H2,1-2H3,(H,17,18)(H2,15,16,19). The lowest BCUT2D eigenvalue weighted by Gasteiger charge is -2.14. The molecule has 0 spiro atoms. The third kappa shape index (κ3) is 5.88. The summed E-state index contributed by atoms with van der Waals surface area (Å²) in [6.07, 6.45) is -0.779. The summed E-state index contributed by atoms with van der Waals surface area (Å²) >= 11 is 5.88.